The van der Waals surface area contributed by atoms with Gasteiger partial charge in [0.2, 0.25) is 0 Å². The van der Waals surface area contributed by atoms with Crippen LogP contribution in [0.4, 0.5) is 11.4 Å². The fourth-order valence-electron chi connectivity index (χ4n) is 3.34. The van der Waals surface area contributed by atoms with Gasteiger partial charge in [0.1, 0.15) is 5.75 Å². The Labute approximate surface area is 176 Å². The Kier molecular flexibility index (Phi) is 4.82. The zero-order chi connectivity index (χ0) is 21.5. The van der Waals surface area contributed by atoms with Gasteiger partial charge in [0, 0.05) is 11.3 Å². The molecule has 5 nitrogen and oxygen atoms in total. The second-order valence-electron chi connectivity index (χ2n) is 8.55. The third kappa shape index (κ3) is 3.92. The molecule has 1 aliphatic rings. The molecule has 0 radical (unpaired) electrons. The van der Waals surface area contributed by atoms with Crippen molar-refractivity contribution in [2.45, 2.75) is 33.1 Å². The number of hydrogen-bond acceptors (Lipinski definition) is 3. The first-order valence-corrected chi connectivity index (χ1v) is 9.86. The Bertz CT molecular complexity index is 1140. The Balaban J connectivity index is 1.56. The van der Waals surface area contributed by atoms with Gasteiger partial charge in [0.05, 0.1) is 11.3 Å². The lowest BCUT2D eigenvalue weighted by atomic mass is 9.87. The van der Waals surface area contributed by atoms with Crippen molar-refractivity contribution >= 4 is 23.2 Å². The molecule has 0 aliphatic carbocycles. The lowest BCUT2D eigenvalue weighted by Crippen LogP contribution is -2.15. The molecule has 1 heterocycles. The minimum Gasteiger partial charge on any atom is -0.454 e. The van der Waals surface area contributed by atoms with Crippen LogP contribution in [-0.4, -0.2) is 11.8 Å². The summed E-state index contributed by atoms with van der Waals surface area (Å²) in [6.07, 6.45) is 0. The number of aryl methyl sites for hydroxylation is 1. The van der Waals surface area contributed by atoms with Gasteiger partial charge in [-0.25, -0.2) is 0 Å². The van der Waals surface area contributed by atoms with E-state index in [1.54, 1.807) is 18.2 Å². The summed E-state index contributed by atoms with van der Waals surface area (Å²) < 4.78 is 5.92. The molecule has 2 amide bonds. The third-order valence-electron chi connectivity index (χ3n) is 5.10. The summed E-state index contributed by atoms with van der Waals surface area (Å²) in [5.74, 6) is 0.523. The molecule has 2 N–H and O–H groups in total. The standard InChI is InChI=1S/C25H24N2O3/c1-15-5-11-22-20(13-15)27-24(29)19-14-18(10-12-21(19)30-22)26-23(28)16-6-8-17(9-7-16)25(2,3)4/h5-14H,1-4H3,(H,26,28)(H,27,29). The summed E-state index contributed by atoms with van der Waals surface area (Å²) in [7, 11) is 0. The van der Waals surface area contributed by atoms with Gasteiger partial charge in [-0.3, -0.25) is 9.59 Å². The van der Waals surface area contributed by atoms with Crippen LogP contribution in [0.3, 0.4) is 0 Å². The number of fused-ring (bicyclic) bond motifs is 2. The highest BCUT2D eigenvalue weighted by Gasteiger charge is 2.22. The summed E-state index contributed by atoms with van der Waals surface area (Å²) in [6, 6.07) is 18.2. The van der Waals surface area contributed by atoms with Gasteiger partial charge in [-0.1, -0.05) is 39.0 Å². The Morgan fingerprint density at radius 1 is 0.933 bits per heavy atom. The number of amides is 2. The first kappa shape index (κ1) is 19.7. The summed E-state index contributed by atoms with van der Waals surface area (Å²) in [5.41, 5.74) is 4.28. The number of carbonyl (C=O) groups excluding carboxylic acids is 2. The van der Waals surface area contributed by atoms with E-state index in [0.717, 1.165) is 11.1 Å². The van der Waals surface area contributed by atoms with Crippen molar-refractivity contribution in [1.29, 1.82) is 0 Å². The van der Waals surface area contributed by atoms with Gasteiger partial charge < -0.3 is 15.4 Å². The topological polar surface area (TPSA) is 67.4 Å². The van der Waals surface area contributed by atoms with E-state index in [4.69, 9.17) is 4.74 Å². The van der Waals surface area contributed by atoms with E-state index >= 15 is 0 Å². The van der Waals surface area contributed by atoms with Gasteiger partial charge >= 0.3 is 0 Å². The molecule has 0 spiro atoms. The molecule has 30 heavy (non-hydrogen) atoms. The lowest BCUT2D eigenvalue weighted by molar-refractivity contribution is 0.101. The lowest BCUT2D eigenvalue weighted by Gasteiger charge is -2.19. The molecule has 3 aromatic carbocycles. The zero-order valence-electron chi connectivity index (χ0n) is 17.5. The smallest absolute Gasteiger partial charge is 0.259 e. The van der Waals surface area contributed by atoms with Crippen LogP contribution in [0, 0.1) is 6.92 Å². The molecule has 152 valence electrons. The quantitative estimate of drug-likeness (QED) is 0.562. The van der Waals surface area contributed by atoms with Gasteiger partial charge in [0.25, 0.3) is 11.8 Å². The van der Waals surface area contributed by atoms with Gasteiger partial charge in [-0.15, -0.1) is 0 Å². The SMILES string of the molecule is Cc1ccc2c(c1)NC(=O)c1cc(NC(=O)c3ccc(C(C)(C)C)cc3)ccc1O2. The Morgan fingerprint density at radius 3 is 2.33 bits per heavy atom. The highest BCUT2D eigenvalue weighted by Crippen LogP contribution is 2.37. The number of rotatable bonds is 2. The van der Waals surface area contributed by atoms with E-state index in [1.807, 2.05) is 49.4 Å². The van der Waals surface area contributed by atoms with Crippen LogP contribution >= 0.6 is 0 Å². The van der Waals surface area contributed by atoms with Crippen molar-refractivity contribution in [3.8, 4) is 11.5 Å². The number of benzene rings is 3. The van der Waals surface area contributed by atoms with Crippen molar-refractivity contribution in [3.63, 3.8) is 0 Å². The monoisotopic (exact) mass is 400 g/mol. The van der Waals surface area contributed by atoms with Crippen molar-refractivity contribution < 1.29 is 14.3 Å². The van der Waals surface area contributed by atoms with Crippen LogP contribution in [0.1, 0.15) is 52.6 Å². The second-order valence-corrected chi connectivity index (χ2v) is 8.55. The summed E-state index contributed by atoms with van der Waals surface area (Å²) in [5, 5.41) is 5.74. The molecule has 0 saturated carbocycles. The predicted octanol–water partition coefficient (Wildman–Crippen LogP) is 5.90. The van der Waals surface area contributed by atoms with Crippen LogP contribution < -0.4 is 15.4 Å². The Hall–Kier alpha value is -3.60. The molecule has 4 rings (SSSR count). The molecule has 0 bridgehead atoms. The van der Waals surface area contributed by atoms with E-state index in [2.05, 4.69) is 31.4 Å². The minimum atomic E-state index is -0.278. The van der Waals surface area contributed by atoms with Crippen LogP contribution in [-0.2, 0) is 5.41 Å². The number of ether oxygens (including phenoxy) is 1. The molecular formula is C25H24N2O3. The highest BCUT2D eigenvalue weighted by atomic mass is 16.5. The van der Waals surface area contributed by atoms with Crippen LogP contribution in [0.5, 0.6) is 11.5 Å². The predicted molar refractivity (Wildman–Crippen MR) is 119 cm³/mol. The van der Waals surface area contributed by atoms with E-state index in [1.165, 1.54) is 0 Å². The molecule has 0 fully saturated rings. The second kappa shape index (κ2) is 7.34. The summed E-state index contributed by atoms with van der Waals surface area (Å²) in [6.45, 7) is 8.34. The normalized spacial score (nSPS) is 12.7. The number of nitrogens with one attached hydrogen (secondary N) is 2. The summed E-state index contributed by atoms with van der Waals surface area (Å²) >= 11 is 0. The van der Waals surface area contributed by atoms with E-state index in [9.17, 15) is 9.59 Å². The average Bonchev–Trinajstić information content (AvgIpc) is 2.83. The molecule has 0 aromatic heterocycles. The maximum Gasteiger partial charge on any atom is 0.259 e. The van der Waals surface area contributed by atoms with E-state index in [0.29, 0.717) is 34.0 Å². The molecule has 0 unspecified atom stereocenters. The Morgan fingerprint density at radius 2 is 1.63 bits per heavy atom. The molecule has 1 aliphatic heterocycles. The number of anilines is 2. The molecule has 5 heteroatoms. The first-order valence-electron chi connectivity index (χ1n) is 9.86. The van der Waals surface area contributed by atoms with E-state index in [-0.39, 0.29) is 17.2 Å². The van der Waals surface area contributed by atoms with Gasteiger partial charge in [-0.2, -0.15) is 0 Å². The molecule has 0 atom stereocenters. The molecular weight excluding hydrogens is 376 g/mol. The average molecular weight is 400 g/mol. The highest BCUT2D eigenvalue weighted by molar-refractivity contribution is 6.10. The van der Waals surface area contributed by atoms with Crippen LogP contribution in [0.2, 0.25) is 0 Å². The van der Waals surface area contributed by atoms with Crippen molar-refractivity contribution in [3.05, 3.63) is 82.9 Å². The maximum absolute atomic E-state index is 12.7. The fourth-order valence-corrected chi connectivity index (χ4v) is 3.34. The van der Waals surface area contributed by atoms with Crippen molar-refractivity contribution in [2.75, 3.05) is 10.6 Å². The summed E-state index contributed by atoms with van der Waals surface area (Å²) in [4.78, 5) is 25.4. The van der Waals surface area contributed by atoms with E-state index < -0.39 is 0 Å². The fraction of sp³-hybridized carbons (Fsp3) is 0.200. The molecule has 0 saturated heterocycles. The minimum absolute atomic E-state index is 0.0233. The first-order chi connectivity index (χ1) is 14.2. The largest absolute Gasteiger partial charge is 0.454 e. The number of carbonyl (C=O) groups is 2. The van der Waals surface area contributed by atoms with Crippen molar-refractivity contribution in [2.24, 2.45) is 0 Å². The van der Waals surface area contributed by atoms with Gasteiger partial charge in [0.15, 0.2) is 5.75 Å². The number of hydrogen-bond donors (Lipinski definition) is 2. The maximum atomic E-state index is 12.7. The van der Waals surface area contributed by atoms with Crippen LogP contribution in [0.15, 0.2) is 60.7 Å². The molecule has 3 aromatic rings. The van der Waals surface area contributed by atoms with Crippen LogP contribution in [0.25, 0.3) is 0 Å². The van der Waals surface area contributed by atoms with Gasteiger partial charge in [-0.05, 0) is 65.9 Å². The zero-order valence-corrected chi connectivity index (χ0v) is 17.5. The van der Waals surface area contributed by atoms with Crippen molar-refractivity contribution in [1.82, 2.24) is 0 Å². The third-order valence-corrected chi connectivity index (χ3v) is 5.10.